The Hall–Kier alpha value is -2.60. The Bertz CT molecular complexity index is 823. The zero-order valence-corrected chi connectivity index (χ0v) is 17.3. The SMILES string of the molecule is CC(C)[C@@H](NC(=O)C[NH+](C)Cc1ccc(F)cc1)c1ccc2c(c1)OCCCO2. The molecule has 0 saturated carbocycles. The van der Waals surface area contributed by atoms with E-state index in [1.807, 2.05) is 25.2 Å². The first-order valence-electron chi connectivity index (χ1n) is 10.2. The van der Waals surface area contributed by atoms with Gasteiger partial charge in [-0.25, -0.2) is 4.39 Å². The van der Waals surface area contributed by atoms with Crippen molar-refractivity contribution in [2.45, 2.75) is 32.9 Å². The van der Waals surface area contributed by atoms with Crippen LogP contribution in [0.1, 0.15) is 37.4 Å². The summed E-state index contributed by atoms with van der Waals surface area (Å²) in [4.78, 5) is 13.7. The van der Waals surface area contributed by atoms with Crippen molar-refractivity contribution in [3.05, 3.63) is 59.4 Å². The summed E-state index contributed by atoms with van der Waals surface area (Å²) in [6, 6.07) is 12.2. The van der Waals surface area contributed by atoms with Crippen molar-refractivity contribution in [1.29, 1.82) is 0 Å². The first-order valence-corrected chi connectivity index (χ1v) is 10.2. The lowest BCUT2D eigenvalue weighted by molar-refractivity contribution is -0.885. The number of fused-ring (bicyclic) bond motifs is 1. The van der Waals surface area contributed by atoms with E-state index in [2.05, 4.69) is 19.2 Å². The third-order valence-electron chi connectivity index (χ3n) is 5.00. The monoisotopic (exact) mass is 401 g/mol. The minimum atomic E-state index is -0.251. The normalized spacial score (nSPS) is 15.5. The van der Waals surface area contributed by atoms with E-state index >= 15 is 0 Å². The van der Waals surface area contributed by atoms with Crippen LogP contribution in [-0.2, 0) is 11.3 Å². The van der Waals surface area contributed by atoms with Gasteiger partial charge in [0, 0.05) is 12.0 Å². The van der Waals surface area contributed by atoms with E-state index in [0.717, 1.165) is 33.9 Å². The van der Waals surface area contributed by atoms with Crippen LogP contribution in [-0.4, -0.2) is 32.7 Å². The molecule has 5 nitrogen and oxygen atoms in total. The first kappa shape index (κ1) is 21.1. The third-order valence-corrected chi connectivity index (χ3v) is 5.00. The second-order valence-electron chi connectivity index (χ2n) is 7.98. The molecule has 1 unspecified atom stereocenters. The van der Waals surface area contributed by atoms with Gasteiger partial charge in [0.05, 0.1) is 26.3 Å². The highest BCUT2D eigenvalue weighted by atomic mass is 19.1. The highest BCUT2D eigenvalue weighted by Gasteiger charge is 2.22. The smallest absolute Gasteiger partial charge is 0.275 e. The van der Waals surface area contributed by atoms with Crippen LogP contribution in [0.25, 0.3) is 0 Å². The van der Waals surface area contributed by atoms with Crippen LogP contribution in [0.15, 0.2) is 42.5 Å². The van der Waals surface area contributed by atoms with Gasteiger partial charge in [-0.1, -0.05) is 32.0 Å². The lowest BCUT2D eigenvalue weighted by Gasteiger charge is -2.24. The average Bonchev–Trinajstić information content (AvgIpc) is 2.92. The fraction of sp³-hybridized carbons (Fsp3) is 0.435. The van der Waals surface area contributed by atoms with E-state index in [9.17, 15) is 9.18 Å². The number of likely N-dealkylation sites (N-methyl/N-ethyl adjacent to an activating group) is 1. The Balaban J connectivity index is 1.63. The summed E-state index contributed by atoms with van der Waals surface area (Å²) < 4.78 is 24.6. The Labute approximate surface area is 171 Å². The average molecular weight is 402 g/mol. The molecule has 1 aliphatic rings. The number of ether oxygens (including phenoxy) is 2. The van der Waals surface area contributed by atoms with Crippen molar-refractivity contribution in [3.8, 4) is 11.5 Å². The van der Waals surface area contributed by atoms with Crippen molar-refractivity contribution < 1.29 is 23.6 Å². The summed E-state index contributed by atoms with van der Waals surface area (Å²) in [5.74, 6) is 1.44. The minimum Gasteiger partial charge on any atom is -0.490 e. The van der Waals surface area contributed by atoms with Gasteiger partial charge >= 0.3 is 0 Å². The van der Waals surface area contributed by atoms with Crippen LogP contribution in [0.4, 0.5) is 4.39 Å². The molecule has 2 aromatic carbocycles. The van der Waals surface area contributed by atoms with Gasteiger partial charge < -0.3 is 19.7 Å². The van der Waals surface area contributed by atoms with Crippen LogP contribution in [0.2, 0.25) is 0 Å². The lowest BCUT2D eigenvalue weighted by Crippen LogP contribution is -3.08. The molecule has 0 aromatic heterocycles. The Morgan fingerprint density at radius 3 is 2.48 bits per heavy atom. The van der Waals surface area contributed by atoms with Crippen LogP contribution in [0, 0.1) is 11.7 Å². The molecule has 0 saturated heterocycles. The zero-order valence-electron chi connectivity index (χ0n) is 17.3. The molecule has 2 N–H and O–H groups in total. The van der Waals surface area contributed by atoms with E-state index in [4.69, 9.17) is 9.47 Å². The maximum absolute atomic E-state index is 13.1. The molecule has 156 valence electrons. The molecule has 1 heterocycles. The molecule has 1 aliphatic heterocycles. The predicted molar refractivity (Wildman–Crippen MR) is 110 cm³/mol. The summed E-state index contributed by atoms with van der Waals surface area (Å²) in [6.07, 6.45) is 0.859. The maximum atomic E-state index is 13.1. The Morgan fingerprint density at radius 1 is 1.10 bits per heavy atom. The molecule has 2 atom stereocenters. The zero-order chi connectivity index (χ0) is 20.8. The van der Waals surface area contributed by atoms with E-state index in [0.29, 0.717) is 26.3 Å². The number of carbonyl (C=O) groups excluding carboxylic acids is 1. The molecule has 3 rings (SSSR count). The molecule has 0 fully saturated rings. The van der Waals surface area contributed by atoms with Gasteiger partial charge in [-0.05, 0) is 35.7 Å². The minimum absolute atomic E-state index is 0.0181. The fourth-order valence-electron chi connectivity index (χ4n) is 3.52. The second kappa shape index (κ2) is 9.74. The molecular weight excluding hydrogens is 371 g/mol. The number of benzene rings is 2. The third kappa shape index (κ3) is 5.94. The number of rotatable bonds is 7. The van der Waals surface area contributed by atoms with Gasteiger partial charge in [0.2, 0.25) is 0 Å². The van der Waals surface area contributed by atoms with E-state index in [1.165, 1.54) is 12.1 Å². The van der Waals surface area contributed by atoms with Crippen LogP contribution in [0.5, 0.6) is 11.5 Å². The van der Waals surface area contributed by atoms with Gasteiger partial charge in [-0.3, -0.25) is 4.79 Å². The Morgan fingerprint density at radius 2 is 1.79 bits per heavy atom. The van der Waals surface area contributed by atoms with Crippen molar-refractivity contribution in [2.24, 2.45) is 5.92 Å². The molecule has 1 amide bonds. The molecular formula is C23H30FN2O3+. The van der Waals surface area contributed by atoms with E-state index < -0.39 is 0 Å². The molecule has 29 heavy (non-hydrogen) atoms. The number of nitrogens with one attached hydrogen (secondary N) is 2. The Kier molecular flexibility index (Phi) is 7.09. The summed E-state index contributed by atoms with van der Waals surface area (Å²) in [5.41, 5.74) is 2.01. The second-order valence-corrected chi connectivity index (χ2v) is 7.98. The van der Waals surface area contributed by atoms with Gasteiger partial charge in [0.1, 0.15) is 12.4 Å². The van der Waals surface area contributed by atoms with E-state index in [1.54, 1.807) is 12.1 Å². The number of halogens is 1. The number of hydrogen-bond acceptors (Lipinski definition) is 3. The molecule has 2 aromatic rings. The van der Waals surface area contributed by atoms with Gasteiger partial charge in [0.15, 0.2) is 18.0 Å². The molecule has 0 aliphatic carbocycles. The van der Waals surface area contributed by atoms with Crippen molar-refractivity contribution in [3.63, 3.8) is 0 Å². The molecule has 0 radical (unpaired) electrons. The quantitative estimate of drug-likeness (QED) is 0.750. The summed E-state index contributed by atoms with van der Waals surface area (Å²) in [7, 11) is 1.96. The standard InChI is InChI=1S/C23H29FN2O3/c1-16(2)23(18-7-10-20-21(13-18)29-12-4-11-28-20)25-22(27)15-26(3)14-17-5-8-19(24)9-6-17/h5-10,13,16,23H,4,11-12,14-15H2,1-3H3,(H,25,27)/p+1/t23-/m1/s1. The predicted octanol–water partition coefficient (Wildman–Crippen LogP) is 2.52. The van der Waals surface area contributed by atoms with Crippen LogP contribution in [0.3, 0.4) is 0 Å². The highest BCUT2D eigenvalue weighted by molar-refractivity contribution is 5.77. The van der Waals surface area contributed by atoms with Crippen molar-refractivity contribution in [1.82, 2.24) is 5.32 Å². The first-order chi connectivity index (χ1) is 13.9. The lowest BCUT2D eigenvalue weighted by atomic mass is 9.95. The molecule has 0 spiro atoms. The summed E-state index contributed by atoms with van der Waals surface area (Å²) >= 11 is 0. The van der Waals surface area contributed by atoms with Gasteiger partial charge in [-0.2, -0.15) is 0 Å². The highest BCUT2D eigenvalue weighted by Crippen LogP contribution is 2.34. The number of hydrogen-bond donors (Lipinski definition) is 2. The molecule has 0 bridgehead atoms. The van der Waals surface area contributed by atoms with Crippen molar-refractivity contribution >= 4 is 5.91 Å². The summed E-state index contributed by atoms with van der Waals surface area (Å²) in [5, 5.41) is 3.16. The fourth-order valence-corrected chi connectivity index (χ4v) is 3.52. The van der Waals surface area contributed by atoms with Crippen LogP contribution < -0.4 is 19.7 Å². The van der Waals surface area contributed by atoms with Crippen LogP contribution >= 0.6 is 0 Å². The maximum Gasteiger partial charge on any atom is 0.275 e. The molecule has 6 heteroatoms. The van der Waals surface area contributed by atoms with Gasteiger partial charge in [0.25, 0.3) is 5.91 Å². The van der Waals surface area contributed by atoms with E-state index in [-0.39, 0.29) is 23.7 Å². The van der Waals surface area contributed by atoms with Gasteiger partial charge in [-0.15, -0.1) is 0 Å². The largest absolute Gasteiger partial charge is 0.490 e. The number of amides is 1. The summed E-state index contributed by atoms with van der Waals surface area (Å²) in [6.45, 7) is 6.45. The number of carbonyl (C=O) groups is 1. The van der Waals surface area contributed by atoms with Crippen molar-refractivity contribution in [2.75, 3.05) is 26.8 Å². The topological polar surface area (TPSA) is 52.0 Å². The number of quaternary nitrogens is 1.